The van der Waals surface area contributed by atoms with Gasteiger partial charge in [-0.05, 0) is 5.56 Å². The Morgan fingerprint density at radius 2 is 2.23 bits per heavy atom. The molecule has 70 valence electrons. The van der Waals surface area contributed by atoms with Crippen LogP contribution >= 0.6 is 11.6 Å². The Bertz CT molecular complexity index is 317. The van der Waals surface area contributed by atoms with Gasteiger partial charge in [-0.3, -0.25) is 9.78 Å². The van der Waals surface area contributed by atoms with Gasteiger partial charge in [-0.15, -0.1) is 11.6 Å². The lowest BCUT2D eigenvalue weighted by Gasteiger charge is -2.05. The van der Waals surface area contributed by atoms with E-state index >= 15 is 0 Å². The van der Waals surface area contributed by atoms with Crippen LogP contribution in [-0.4, -0.2) is 11.3 Å². The summed E-state index contributed by atoms with van der Waals surface area (Å²) < 4.78 is 24.6. The highest BCUT2D eigenvalue weighted by molar-refractivity contribution is 6.17. The molecule has 0 spiro atoms. The van der Waals surface area contributed by atoms with Gasteiger partial charge >= 0.3 is 0 Å². The predicted molar refractivity (Wildman–Crippen MR) is 44.1 cm³/mol. The van der Waals surface area contributed by atoms with Crippen LogP contribution in [-0.2, 0) is 5.88 Å². The van der Waals surface area contributed by atoms with Gasteiger partial charge in [-0.1, -0.05) is 0 Å². The molecule has 0 aliphatic rings. The van der Waals surface area contributed by atoms with Gasteiger partial charge in [0.15, 0.2) is 6.29 Å². The number of carbonyl (C=O) groups excluding carboxylic acids is 1. The Morgan fingerprint density at radius 3 is 2.69 bits per heavy atom. The van der Waals surface area contributed by atoms with E-state index in [0.717, 1.165) is 6.20 Å². The van der Waals surface area contributed by atoms with Gasteiger partial charge in [0.1, 0.15) is 0 Å². The molecule has 13 heavy (non-hydrogen) atoms. The molecule has 0 aromatic carbocycles. The molecule has 1 rings (SSSR count). The van der Waals surface area contributed by atoms with Crippen LogP contribution in [0.15, 0.2) is 12.4 Å². The number of nitrogens with zero attached hydrogens (tertiary/aromatic N) is 1. The first-order valence-corrected chi connectivity index (χ1v) is 4.00. The molecule has 0 bridgehead atoms. The van der Waals surface area contributed by atoms with E-state index in [1.54, 1.807) is 0 Å². The SMILES string of the molecule is O=Cc1c(CCl)cncc1C(F)F. The van der Waals surface area contributed by atoms with Crippen LogP contribution in [0.4, 0.5) is 8.78 Å². The van der Waals surface area contributed by atoms with Gasteiger partial charge in [-0.2, -0.15) is 0 Å². The van der Waals surface area contributed by atoms with E-state index in [0.29, 0.717) is 11.8 Å². The molecule has 0 fully saturated rings. The summed E-state index contributed by atoms with van der Waals surface area (Å²) in [5.74, 6) is 0.00162. The summed E-state index contributed by atoms with van der Waals surface area (Å²) >= 11 is 5.44. The molecular weight excluding hydrogens is 200 g/mol. The molecule has 0 saturated carbocycles. The van der Waals surface area contributed by atoms with Gasteiger partial charge in [0, 0.05) is 29.4 Å². The van der Waals surface area contributed by atoms with Crippen molar-refractivity contribution in [2.75, 3.05) is 0 Å². The quantitative estimate of drug-likeness (QED) is 0.561. The minimum atomic E-state index is -2.70. The summed E-state index contributed by atoms with van der Waals surface area (Å²) in [6.07, 6.45) is -0.0376. The fourth-order valence-corrected chi connectivity index (χ4v) is 1.17. The molecule has 0 radical (unpaired) electrons. The van der Waals surface area contributed by atoms with Crippen molar-refractivity contribution in [3.63, 3.8) is 0 Å². The van der Waals surface area contributed by atoms with Crippen molar-refractivity contribution in [1.82, 2.24) is 4.98 Å². The number of rotatable bonds is 3. The average molecular weight is 206 g/mol. The number of pyridine rings is 1. The molecule has 0 aliphatic carbocycles. The first-order valence-electron chi connectivity index (χ1n) is 3.46. The molecule has 0 saturated heterocycles. The van der Waals surface area contributed by atoms with Crippen molar-refractivity contribution >= 4 is 17.9 Å². The van der Waals surface area contributed by atoms with Crippen molar-refractivity contribution in [2.45, 2.75) is 12.3 Å². The Hall–Kier alpha value is -1.03. The largest absolute Gasteiger partial charge is 0.298 e. The number of hydrogen-bond acceptors (Lipinski definition) is 2. The lowest BCUT2D eigenvalue weighted by atomic mass is 10.1. The monoisotopic (exact) mass is 205 g/mol. The number of carbonyl (C=O) groups is 1. The summed E-state index contributed by atoms with van der Waals surface area (Å²) in [5, 5.41) is 0. The first kappa shape index (κ1) is 10.1. The van der Waals surface area contributed by atoms with E-state index in [1.807, 2.05) is 0 Å². The highest BCUT2D eigenvalue weighted by Gasteiger charge is 2.15. The molecule has 1 aromatic heterocycles. The maximum Gasteiger partial charge on any atom is 0.266 e. The van der Waals surface area contributed by atoms with E-state index in [2.05, 4.69) is 4.98 Å². The van der Waals surface area contributed by atoms with Crippen LogP contribution in [0.1, 0.15) is 27.9 Å². The number of aldehydes is 1. The third-order valence-corrected chi connectivity index (χ3v) is 1.89. The number of hydrogen-bond donors (Lipinski definition) is 0. The zero-order valence-electron chi connectivity index (χ0n) is 6.51. The van der Waals surface area contributed by atoms with Crippen molar-refractivity contribution in [1.29, 1.82) is 0 Å². The van der Waals surface area contributed by atoms with Gasteiger partial charge in [0.05, 0.1) is 0 Å². The lowest BCUT2D eigenvalue weighted by molar-refractivity contribution is 0.110. The highest BCUT2D eigenvalue weighted by atomic mass is 35.5. The molecule has 1 heterocycles. The minimum absolute atomic E-state index is 0.00162. The Labute approximate surface area is 78.5 Å². The fourth-order valence-electron chi connectivity index (χ4n) is 0.956. The summed E-state index contributed by atoms with van der Waals surface area (Å²) in [7, 11) is 0. The zero-order valence-corrected chi connectivity index (χ0v) is 7.26. The summed E-state index contributed by atoms with van der Waals surface area (Å²) in [6.45, 7) is 0. The van der Waals surface area contributed by atoms with Crippen molar-refractivity contribution < 1.29 is 13.6 Å². The molecular formula is C8H6ClF2NO. The van der Waals surface area contributed by atoms with E-state index in [1.165, 1.54) is 6.20 Å². The molecule has 0 N–H and O–H groups in total. The summed E-state index contributed by atoms with van der Waals surface area (Å²) in [6, 6.07) is 0. The van der Waals surface area contributed by atoms with Gasteiger partial charge in [0.2, 0.25) is 0 Å². The van der Waals surface area contributed by atoms with E-state index in [-0.39, 0.29) is 17.0 Å². The minimum Gasteiger partial charge on any atom is -0.298 e. The maximum absolute atomic E-state index is 12.3. The first-order chi connectivity index (χ1) is 6.20. The molecule has 1 aromatic rings. The topological polar surface area (TPSA) is 30.0 Å². The second-order valence-electron chi connectivity index (χ2n) is 2.35. The van der Waals surface area contributed by atoms with Crippen molar-refractivity contribution in [2.24, 2.45) is 0 Å². The summed E-state index contributed by atoms with van der Waals surface area (Å²) in [4.78, 5) is 14.1. The molecule has 0 unspecified atom stereocenters. The van der Waals surface area contributed by atoms with Crippen molar-refractivity contribution in [3.05, 3.63) is 29.1 Å². The molecule has 2 nitrogen and oxygen atoms in total. The third kappa shape index (κ3) is 2.01. The fraction of sp³-hybridized carbons (Fsp3) is 0.250. The van der Waals surface area contributed by atoms with Gasteiger partial charge in [0.25, 0.3) is 6.43 Å². The average Bonchev–Trinajstić information content (AvgIpc) is 2.16. The van der Waals surface area contributed by atoms with E-state index in [4.69, 9.17) is 11.6 Å². The van der Waals surface area contributed by atoms with Gasteiger partial charge in [-0.25, -0.2) is 8.78 Å². The molecule has 0 atom stereocenters. The van der Waals surface area contributed by atoms with Crippen LogP contribution in [0.3, 0.4) is 0 Å². The van der Waals surface area contributed by atoms with Crippen LogP contribution in [0.2, 0.25) is 0 Å². The zero-order chi connectivity index (χ0) is 9.84. The smallest absolute Gasteiger partial charge is 0.266 e. The highest BCUT2D eigenvalue weighted by Crippen LogP contribution is 2.23. The van der Waals surface area contributed by atoms with E-state index < -0.39 is 6.43 Å². The summed E-state index contributed by atoms with van der Waals surface area (Å²) in [5.41, 5.74) is -0.0948. The predicted octanol–water partition coefficient (Wildman–Crippen LogP) is 2.57. The van der Waals surface area contributed by atoms with Crippen LogP contribution in [0.25, 0.3) is 0 Å². The van der Waals surface area contributed by atoms with Crippen LogP contribution < -0.4 is 0 Å². The molecule has 0 aliphatic heterocycles. The Balaban J connectivity index is 3.27. The molecule has 5 heteroatoms. The second kappa shape index (κ2) is 4.28. The number of alkyl halides is 3. The Morgan fingerprint density at radius 1 is 1.54 bits per heavy atom. The number of aromatic nitrogens is 1. The van der Waals surface area contributed by atoms with E-state index in [9.17, 15) is 13.6 Å². The third-order valence-electron chi connectivity index (χ3n) is 1.60. The maximum atomic E-state index is 12.3. The standard InChI is InChI=1S/C8H6ClF2NO/c9-1-5-2-12-3-6(8(10)11)7(5)4-13/h2-4,8H,1H2. The van der Waals surface area contributed by atoms with Crippen molar-refractivity contribution in [3.8, 4) is 0 Å². The molecule has 0 amide bonds. The van der Waals surface area contributed by atoms with Gasteiger partial charge < -0.3 is 0 Å². The van der Waals surface area contributed by atoms with Crippen LogP contribution in [0.5, 0.6) is 0 Å². The normalized spacial score (nSPS) is 10.5. The number of halogens is 3. The van der Waals surface area contributed by atoms with Crippen LogP contribution in [0, 0.1) is 0 Å². The Kier molecular flexibility index (Phi) is 3.31. The lowest BCUT2D eigenvalue weighted by Crippen LogP contribution is -1.99. The second-order valence-corrected chi connectivity index (χ2v) is 2.62.